The van der Waals surface area contributed by atoms with Crippen LogP contribution in [0.15, 0.2) is 0 Å². The molecule has 0 spiro atoms. The summed E-state index contributed by atoms with van der Waals surface area (Å²) in [5, 5.41) is 0. The number of hydrogen-bond donors (Lipinski definition) is 2. The van der Waals surface area contributed by atoms with Crippen molar-refractivity contribution in [1.82, 2.24) is 0 Å². The highest BCUT2D eigenvalue weighted by Crippen LogP contribution is 2.14. The molecule has 1 rings (SSSR count). The Morgan fingerprint density at radius 1 is 1.32 bits per heavy atom. The second kappa shape index (κ2) is 5.92. The minimum atomic E-state index is 0.0950. The standard InChI is InChI=1S/C16H32N2O/c1-12(2)9-17-15(5,6)10-18-14(13(3)4)19-11-16(18,7)8/h9,12-14H,10-11H2,1-8H3/p+2/t14-/m1/s1. The monoisotopic (exact) mass is 270 g/mol. The van der Waals surface area contributed by atoms with E-state index in [1.54, 1.807) is 4.90 Å². The van der Waals surface area contributed by atoms with E-state index in [2.05, 4.69) is 66.6 Å². The summed E-state index contributed by atoms with van der Waals surface area (Å²) in [4.78, 5) is 5.15. The molecular formula is C16H34N2O+2. The lowest BCUT2D eigenvalue weighted by atomic mass is 9.98. The highest BCUT2D eigenvalue weighted by molar-refractivity contribution is 5.52. The summed E-state index contributed by atoms with van der Waals surface area (Å²) in [6, 6.07) is 0. The van der Waals surface area contributed by atoms with Crippen molar-refractivity contribution in [2.45, 2.75) is 72.7 Å². The molecule has 0 saturated carbocycles. The van der Waals surface area contributed by atoms with Gasteiger partial charge in [0.1, 0.15) is 24.9 Å². The maximum Gasteiger partial charge on any atom is 0.202 e. The molecule has 0 amide bonds. The van der Waals surface area contributed by atoms with E-state index in [1.165, 1.54) is 0 Å². The number of ether oxygens (including phenoxy) is 1. The Morgan fingerprint density at radius 3 is 2.37 bits per heavy atom. The van der Waals surface area contributed by atoms with Gasteiger partial charge in [0.05, 0.1) is 0 Å². The quantitative estimate of drug-likeness (QED) is 0.689. The smallest absolute Gasteiger partial charge is 0.202 e. The van der Waals surface area contributed by atoms with Crippen LogP contribution in [-0.4, -0.2) is 36.7 Å². The molecule has 0 radical (unpaired) electrons. The van der Waals surface area contributed by atoms with Crippen LogP contribution in [0.1, 0.15) is 55.4 Å². The summed E-state index contributed by atoms with van der Waals surface area (Å²) in [5.74, 6) is 1.12. The van der Waals surface area contributed by atoms with Crippen molar-refractivity contribution >= 4 is 6.21 Å². The molecule has 0 aromatic carbocycles. The Balaban J connectivity index is 2.81. The maximum atomic E-state index is 6.04. The lowest BCUT2D eigenvalue weighted by Gasteiger charge is -2.34. The molecular weight excluding hydrogens is 236 g/mol. The summed E-state index contributed by atoms with van der Waals surface area (Å²) < 4.78 is 6.04. The van der Waals surface area contributed by atoms with Gasteiger partial charge in [-0.05, 0) is 13.8 Å². The van der Waals surface area contributed by atoms with Crippen LogP contribution >= 0.6 is 0 Å². The first kappa shape index (κ1) is 16.6. The average Bonchev–Trinajstić information content (AvgIpc) is 2.52. The van der Waals surface area contributed by atoms with Crippen molar-refractivity contribution in [1.29, 1.82) is 0 Å². The summed E-state index contributed by atoms with van der Waals surface area (Å²) in [6.07, 6.45) is 2.52. The van der Waals surface area contributed by atoms with Crippen LogP contribution in [-0.2, 0) is 4.74 Å². The molecule has 2 N–H and O–H groups in total. The van der Waals surface area contributed by atoms with Crippen LogP contribution in [0, 0.1) is 11.8 Å². The molecule has 0 aromatic rings. The lowest BCUT2D eigenvalue weighted by Crippen LogP contribution is -3.24. The zero-order valence-electron chi connectivity index (χ0n) is 14.1. The van der Waals surface area contributed by atoms with Crippen LogP contribution in [0.2, 0.25) is 0 Å². The number of quaternary nitrogens is 1. The molecule has 112 valence electrons. The van der Waals surface area contributed by atoms with Gasteiger partial charge in [-0.25, -0.2) is 4.99 Å². The van der Waals surface area contributed by atoms with E-state index in [0.717, 1.165) is 13.2 Å². The van der Waals surface area contributed by atoms with Crippen molar-refractivity contribution in [2.24, 2.45) is 11.8 Å². The van der Waals surface area contributed by atoms with E-state index >= 15 is 0 Å². The highest BCUT2D eigenvalue weighted by atomic mass is 16.5. The summed E-state index contributed by atoms with van der Waals surface area (Å²) in [6.45, 7) is 20.0. The first-order chi connectivity index (χ1) is 8.55. The molecule has 1 heterocycles. The zero-order chi connectivity index (χ0) is 14.8. The molecule has 1 saturated heterocycles. The number of nitrogens with one attached hydrogen (secondary N) is 2. The summed E-state index contributed by atoms with van der Waals surface area (Å²) >= 11 is 0. The molecule has 1 aliphatic heterocycles. The van der Waals surface area contributed by atoms with Crippen molar-refractivity contribution < 1.29 is 14.6 Å². The SMILES string of the molecule is CC(C)C=[NH+]C(C)(C)C[NH+]1[C@@H](C(C)C)OCC1(C)C. The van der Waals surface area contributed by atoms with E-state index in [9.17, 15) is 0 Å². The first-order valence-electron chi connectivity index (χ1n) is 7.64. The summed E-state index contributed by atoms with van der Waals surface area (Å²) in [7, 11) is 0. The predicted molar refractivity (Wildman–Crippen MR) is 80.4 cm³/mol. The molecule has 0 aromatic heterocycles. The number of hydrogen-bond acceptors (Lipinski definition) is 1. The largest absolute Gasteiger partial charge is 0.323 e. The van der Waals surface area contributed by atoms with Gasteiger partial charge in [-0.15, -0.1) is 0 Å². The molecule has 1 aliphatic rings. The van der Waals surface area contributed by atoms with Crippen molar-refractivity contribution in [3.05, 3.63) is 0 Å². The molecule has 3 nitrogen and oxygen atoms in total. The van der Waals surface area contributed by atoms with Gasteiger partial charge in [0.15, 0.2) is 6.23 Å². The topological polar surface area (TPSA) is 27.6 Å². The third-order valence-electron chi connectivity index (χ3n) is 3.88. The van der Waals surface area contributed by atoms with Gasteiger partial charge in [0.25, 0.3) is 0 Å². The van der Waals surface area contributed by atoms with Crippen LogP contribution in [0.4, 0.5) is 0 Å². The van der Waals surface area contributed by atoms with Gasteiger partial charge < -0.3 is 4.74 Å². The zero-order valence-corrected chi connectivity index (χ0v) is 14.1. The normalized spacial score (nSPS) is 27.9. The predicted octanol–water partition coefficient (Wildman–Crippen LogP) is 0.248. The highest BCUT2D eigenvalue weighted by Gasteiger charge is 2.49. The minimum Gasteiger partial charge on any atom is -0.323 e. The summed E-state index contributed by atoms with van der Waals surface area (Å²) in [5.41, 5.74) is 0.295. The van der Waals surface area contributed by atoms with Crippen LogP contribution < -0.4 is 9.89 Å². The van der Waals surface area contributed by atoms with E-state index in [0.29, 0.717) is 18.1 Å². The molecule has 19 heavy (non-hydrogen) atoms. The van der Waals surface area contributed by atoms with Crippen molar-refractivity contribution in [2.75, 3.05) is 13.2 Å². The van der Waals surface area contributed by atoms with Gasteiger partial charge >= 0.3 is 0 Å². The molecule has 1 unspecified atom stereocenters. The maximum absolute atomic E-state index is 6.04. The Morgan fingerprint density at radius 2 is 1.89 bits per heavy atom. The van der Waals surface area contributed by atoms with Crippen molar-refractivity contribution in [3.63, 3.8) is 0 Å². The van der Waals surface area contributed by atoms with Gasteiger partial charge in [0.2, 0.25) is 5.54 Å². The molecule has 2 atom stereocenters. The molecule has 3 heteroatoms. The number of rotatable bonds is 5. The van der Waals surface area contributed by atoms with Crippen LogP contribution in [0.25, 0.3) is 0 Å². The Kier molecular flexibility index (Phi) is 5.19. The van der Waals surface area contributed by atoms with E-state index in [4.69, 9.17) is 4.74 Å². The third-order valence-corrected chi connectivity index (χ3v) is 3.88. The average molecular weight is 270 g/mol. The van der Waals surface area contributed by atoms with Gasteiger partial charge in [-0.3, -0.25) is 4.90 Å². The minimum absolute atomic E-state index is 0.0950. The molecule has 0 bridgehead atoms. The van der Waals surface area contributed by atoms with Crippen LogP contribution in [0.3, 0.4) is 0 Å². The fourth-order valence-electron chi connectivity index (χ4n) is 2.73. The Hall–Kier alpha value is -0.410. The molecule has 0 aliphatic carbocycles. The van der Waals surface area contributed by atoms with E-state index in [-0.39, 0.29) is 11.1 Å². The first-order valence-corrected chi connectivity index (χ1v) is 7.64. The lowest BCUT2D eigenvalue weighted by molar-refractivity contribution is -0.982. The third kappa shape index (κ3) is 4.57. The van der Waals surface area contributed by atoms with E-state index < -0.39 is 0 Å². The van der Waals surface area contributed by atoms with E-state index in [1.807, 2.05) is 0 Å². The van der Waals surface area contributed by atoms with Gasteiger partial charge in [-0.1, -0.05) is 27.7 Å². The fourth-order valence-corrected chi connectivity index (χ4v) is 2.73. The van der Waals surface area contributed by atoms with Gasteiger partial charge in [-0.2, -0.15) is 0 Å². The second-order valence-corrected chi connectivity index (χ2v) is 8.00. The second-order valence-electron chi connectivity index (χ2n) is 8.00. The van der Waals surface area contributed by atoms with Crippen molar-refractivity contribution in [3.8, 4) is 0 Å². The molecule has 1 fully saturated rings. The Labute approximate surface area is 119 Å². The van der Waals surface area contributed by atoms with Crippen LogP contribution in [0.5, 0.6) is 0 Å². The fraction of sp³-hybridized carbons (Fsp3) is 0.938. The van der Waals surface area contributed by atoms with Gasteiger partial charge in [0, 0.05) is 25.7 Å². The Bertz CT molecular complexity index is 319.